The Morgan fingerprint density at radius 2 is 2.10 bits per heavy atom. The van der Waals surface area contributed by atoms with Crippen LogP contribution in [0.3, 0.4) is 0 Å². The van der Waals surface area contributed by atoms with Crippen molar-refractivity contribution in [2.75, 3.05) is 6.61 Å². The molecule has 0 aliphatic heterocycles. The SMILES string of the molecule is CC(NC(=O)c1ccc(C#CCO)cc1F)C(C)(C)C. The largest absolute Gasteiger partial charge is 0.384 e. The fourth-order valence-corrected chi connectivity index (χ4v) is 1.41. The zero-order valence-electron chi connectivity index (χ0n) is 12.2. The Morgan fingerprint density at radius 3 is 2.60 bits per heavy atom. The molecule has 4 heteroatoms. The third-order valence-corrected chi connectivity index (χ3v) is 3.17. The van der Waals surface area contributed by atoms with Crippen LogP contribution in [-0.4, -0.2) is 23.7 Å². The first-order valence-corrected chi connectivity index (χ1v) is 6.46. The van der Waals surface area contributed by atoms with Crippen molar-refractivity contribution in [3.05, 3.63) is 35.1 Å². The molecule has 0 spiro atoms. The molecule has 0 bridgehead atoms. The molecule has 3 nitrogen and oxygen atoms in total. The summed E-state index contributed by atoms with van der Waals surface area (Å²) in [5.74, 6) is 3.97. The first-order valence-electron chi connectivity index (χ1n) is 6.46. The molecule has 1 aromatic carbocycles. The Bertz CT molecular complexity index is 550. The second-order valence-electron chi connectivity index (χ2n) is 5.72. The molecule has 1 amide bonds. The maximum Gasteiger partial charge on any atom is 0.254 e. The molecule has 108 valence electrons. The quantitative estimate of drug-likeness (QED) is 0.815. The molecule has 20 heavy (non-hydrogen) atoms. The Labute approximate surface area is 119 Å². The summed E-state index contributed by atoms with van der Waals surface area (Å²) in [5, 5.41) is 11.4. The number of carbonyl (C=O) groups excluding carboxylic acids is 1. The van der Waals surface area contributed by atoms with E-state index in [9.17, 15) is 9.18 Å². The van der Waals surface area contributed by atoms with Crippen LogP contribution < -0.4 is 5.32 Å². The van der Waals surface area contributed by atoms with Crippen molar-refractivity contribution >= 4 is 5.91 Å². The number of amides is 1. The van der Waals surface area contributed by atoms with E-state index in [-0.39, 0.29) is 23.6 Å². The van der Waals surface area contributed by atoms with Gasteiger partial charge in [-0.3, -0.25) is 4.79 Å². The van der Waals surface area contributed by atoms with Gasteiger partial charge in [-0.05, 0) is 30.5 Å². The van der Waals surface area contributed by atoms with Crippen LogP contribution >= 0.6 is 0 Å². The van der Waals surface area contributed by atoms with Gasteiger partial charge in [0.25, 0.3) is 5.91 Å². The second kappa shape index (κ2) is 6.53. The first-order chi connectivity index (χ1) is 9.25. The molecule has 0 fully saturated rings. The molecule has 1 atom stereocenters. The van der Waals surface area contributed by atoms with Gasteiger partial charge in [0.2, 0.25) is 0 Å². The average Bonchev–Trinajstić information content (AvgIpc) is 2.35. The van der Waals surface area contributed by atoms with Gasteiger partial charge in [-0.15, -0.1) is 0 Å². The Morgan fingerprint density at radius 1 is 1.45 bits per heavy atom. The van der Waals surface area contributed by atoms with Crippen molar-refractivity contribution < 1.29 is 14.3 Å². The highest BCUT2D eigenvalue weighted by Gasteiger charge is 2.23. The molecule has 1 unspecified atom stereocenters. The van der Waals surface area contributed by atoms with Gasteiger partial charge in [0.1, 0.15) is 12.4 Å². The number of aliphatic hydroxyl groups is 1. The normalized spacial score (nSPS) is 12.3. The summed E-state index contributed by atoms with van der Waals surface area (Å²) in [6, 6.07) is 4.08. The highest BCUT2D eigenvalue weighted by molar-refractivity contribution is 5.94. The van der Waals surface area contributed by atoms with Crippen molar-refractivity contribution in [1.29, 1.82) is 0 Å². The molecular formula is C16H20FNO2. The minimum absolute atomic E-state index is 0.00403. The van der Waals surface area contributed by atoms with Gasteiger partial charge in [0.05, 0.1) is 5.56 Å². The van der Waals surface area contributed by atoms with Crippen molar-refractivity contribution in [2.45, 2.75) is 33.7 Å². The predicted octanol–water partition coefficient (Wildman–Crippen LogP) is 2.33. The molecule has 0 radical (unpaired) electrons. The molecule has 1 aromatic rings. The summed E-state index contributed by atoms with van der Waals surface area (Å²) in [4.78, 5) is 12.0. The topological polar surface area (TPSA) is 49.3 Å². The van der Waals surface area contributed by atoms with Gasteiger partial charge in [-0.1, -0.05) is 32.6 Å². The van der Waals surface area contributed by atoms with Crippen LogP contribution in [0.2, 0.25) is 0 Å². The van der Waals surface area contributed by atoms with E-state index in [4.69, 9.17) is 5.11 Å². The van der Waals surface area contributed by atoms with Crippen molar-refractivity contribution in [3.8, 4) is 11.8 Å². The van der Waals surface area contributed by atoms with Crippen LogP contribution in [0.4, 0.5) is 4.39 Å². The molecule has 0 aliphatic carbocycles. The number of hydrogen-bond donors (Lipinski definition) is 2. The smallest absolute Gasteiger partial charge is 0.254 e. The first kappa shape index (κ1) is 16.2. The molecule has 0 saturated carbocycles. The van der Waals surface area contributed by atoms with E-state index in [0.717, 1.165) is 0 Å². The van der Waals surface area contributed by atoms with Crippen LogP contribution in [0.15, 0.2) is 18.2 Å². The van der Waals surface area contributed by atoms with Gasteiger partial charge in [0, 0.05) is 11.6 Å². The summed E-state index contributed by atoms with van der Waals surface area (Å²) in [6.45, 7) is 7.61. The lowest BCUT2D eigenvalue weighted by atomic mass is 9.88. The molecule has 1 rings (SSSR count). The van der Waals surface area contributed by atoms with Crippen LogP contribution in [0.5, 0.6) is 0 Å². The third kappa shape index (κ3) is 4.36. The third-order valence-electron chi connectivity index (χ3n) is 3.17. The van der Waals surface area contributed by atoms with E-state index in [0.29, 0.717) is 5.56 Å². The molecular weight excluding hydrogens is 257 g/mol. The van der Waals surface area contributed by atoms with E-state index in [1.165, 1.54) is 12.1 Å². The number of nitrogens with one attached hydrogen (secondary N) is 1. The zero-order chi connectivity index (χ0) is 15.3. The van der Waals surface area contributed by atoms with Crippen LogP contribution in [0, 0.1) is 23.1 Å². The van der Waals surface area contributed by atoms with Gasteiger partial charge in [0.15, 0.2) is 0 Å². The number of aliphatic hydroxyl groups excluding tert-OH is 1. The van der Waals surface area contributed by atoms with E-state index < -0.39 is 11.7 Å². The molecule has 0 aromatic heterocycles. The van der Waals surface area contributed by atoms with Gasteiger partial charge in [-0.25, -0.2) is 4.39 Å². The average molecular weight is 277 g/mol. The predicted molar refractivity (Wildman–Crippen MR) is 76.7 cm³/mol. The van der Waals surface area contributed by atoms with Crippen LogP contribution in [0.1, 0.15) is 43.6 Å². The standard InChI is InChI=1S/C16H20FNO2/c1-11(16(2,3)4)18-15(20)13-8-7-12(6-5-9-19)10-14(13)17/h7-8,10-11,19H,9H2,1-4H3,(H,18,20). The molecule has 0 aliphatic rings. The number of halogens is 1. The summed E-state index contributed by atoms with van der Waals surface area (Å²) in [6.07, 6.45) is 0. The summed E-state index contributed by atoms with van der Waals surface area (Å²) >= 11 is 0. The molecule has 2 N–H and O–H groups in total. The van der Waals surface area contributed by atoms with Crippen molar-refractivity contribution in [3.63, 3.8) is 0 Å². The Balaban J connectivity index is 2.90. The summed E-state index contributed by atoms with van der Waals surface area (Å²) < 4.78 is 13.9. The van der Waals surface area contributed by atoms with E-state index in [1.54, 1.807) is 6.07 Å². The van der Waals surface area contributed by atoms with Gasteiger partial charge < -0.3 is 10.4 Å². The molecule has 0 saturated heterocycles. The lowest BCUT2D eigenvalue weighted by Gasteiger charge is -2.28. The van der Waals surface area contributed by atoms with Crippen LogP contribution in [-0.2, 0) is 0 Å². The van der Waals surface area contributed by atoms with E-state index in [2.05, 4.69) is 17.2 Å². The monoisotopic (exact) mass is 277 g/mol. The highest BCUT2D eigenvalue weighted by Crippen LogP contribution is 2.19. The highest BCUT2D eigenvalue weighted by atomic mass is 19.1. The lowest BCUT2D eigenvalue weighted by Crippen LogP contribution is -2.41. The molecule has 0 heterocycles. The minimum atomic E-state index is -0.617. The Kier molecular flexibility index (Phi) is 5.29. The zero-order valence-corrected chi connectivity index (χ0v) is 12.2. The number of benzene rings is 1. The van der Waals surface area contributed by atoms with E-state index in [1.807, 2.05) is 27.7 Å². The van der Waals surface area contributed by atoms with Crippen molar-refractivity contribution in [1.82, 2.24) is 5.32 Å². The second-order valence-corrected chi connectivity index (χ2v) is 5.72. The summed E-state index contributed by atoms with van der Waals surface area (Å²) in [5.41, 5.74) is 0.325. The van der Waals surface area contributed by atoms with Crippen LogP contribution in [0.25, 0.3) is 0 Å². The van der Waals surface area contributed by atoms with Gasteiger partial charge >= 0.3 is 0 Å². The number of carbonyl (C=O) groups is 1. The van der Waals surface area contributed by atoms with Crippen molar-refractivity contribution in [2.24, 2.45) is 5.41 Å². The lowest BCUT2D eigenvalue weighted by molar-refractivity contribution is 0.0906. The minimum Gasteiger partial charge on any atom is -0.384 e. The summed E-state index contributed by atoms with van der Waals surface area (Å²) in [7, 11) is 0. The maximum atomic E-state index is 13.9. The number of hydrogen-bond acceptors (Lipinski definition) is 2. The van der Waals surface area contributed by atoms with E-state index >= 15 is 0 Å². The van der Waals surface area contributed by atoms with Gasteiger partial charge in [-0.2, -0.15) is 0 Å². The fraction of sp³-hybridized carbons (Fsp3) is 0.438. The number of rotatable bonds is 2. The Hall–Kier alpha value is -1.86. The fourth-order valence-electron chi connectivity index (χ4n) is 1.41. The maximum absolute atomic E-state index is 13.9.